The fraction of sp³-hybridized carbons (Fsp3) is 0.548. The van der Waals surface area contributed by atoms with Crippen molar-refractivity contribution < 1.29 is 9.59 Å². The van der Waals surface area contributed by atoms with Crippen LogP contribution in [0.3, 0.4) is 0 Å². The Morgan fingerprint density at radius 2 is 1.49 bits per heavy atom. The minimum atomic E-state index is -0.105. The van der Waals surface area contributed by atoms with Crippen molar-refractivity contribution in [3.05, 3.63) is 65.7 Å². The Bertz CT molecular complexity index is 1040. The molecule has 2 saturated heterocycles. The van der Waals surface area contributed by atoms with Crippen LogP contribution in [0.2, 0.25) is 0 Å². The van der Waals surface area contributed by atoms with Gasteiger partial charge in [-0.15, -0.1) is 0 Å². The average molecular weight is 503 g/mol. The van der Waals surface area contributed by atoms with E-state index in [1.807, 2.05) is 53.4 Å². The van der Waals surface area contributed by atoms with Gasteiger partial charge in [-0.05, 0) is 49.8 Å². The molecule has 1 aliphatic carbocycles. The molecule has 198 valence electrons. The van der Waals surface area contributed by atoms with Gasteiger partial charge in [0.15, 0.2) is 0 Å². The zero-order valence-corrected chi connectivity index (χ0v) is 22.3. The van der Waals surface area contributed by atoms with E-state index in [9.17, 15) is 9.59 Å². The number of rotatable bonds is 7. The summed E-state index contributed by atoms with van der Waals surface area (Å²) in [7, 11) is 0. The molecule has 6 heteroatoms. The monoisotopic (exact) mass is 502 g/mol. The van der Waals surface area contributed by atoms with Crippen molar-refractivity contribution >= 4 is 17.5 Å². The van der Waals surface area contributed by atoms with E-state index >= 15 is 0 Å². The van der Waals surface area contributed by atoms with Crippen molar-refractivity contribution in [1.29, 1.82) is 0 Å². The van der Waals surface area contributed by atoms with Crippen molar-refractivity contribution in [1.82, 2.24) is 15.1 Å². The smallest absolute Gasteiger partial charge is 0.256 e. The molecule has 1 atom stereocenters. The van der Waals surface area contributed by atoms with Gasteiger partial charge in [0, 0.05) is 57.0 Å². The number of carbonyl (C=O) groups excluding carboxylic acids is 2. The summed E-state index contributed by atoms with van der Waals surface area (Å²) in [6.07, 6.45) is 7.91. The summed E-state index contributed by atoms with van der Waals surface area (Å²) < 4.78 is 0. The molecule has 1 N–H and O–H groups in total. The van der Waals surface area contributed by atoms with Crippen LogP contribution in [0.1, 0.15) is 73.7 Å². The second-order valence-corrected chi connectivity index (χ2v) is 10.9. The van der Waals surface area contributed by atoms with Gasteiger partial charge >= 0.3 is 0 Å². The summed E-state index contributed by atoms with van der Waals surface area (Å²) >= 11 is 0. The Morgan fingerprint density at radius 3 is 2.16 bits per heavy atom. The summed E-state index contributed by atoms with van der Waals surface area (Å²) in [4.78, 5) is 33.6. The maximum atomic E-state index is 13.6. The van der Waals surface area contributed by atoms with Gasteiger partial charge in [0.1, 0.15) is 0 Å². The summed E-state index contributed by atoms with van der Waals surface area (Å²) in [6, 6.07) is 19.1. The van der Waals surface area contributed by atoms with Crippen LogP contribution in [0.15, 0.2) is 54.6 Å². The van der Waals surface area contributed by atoms with Gasteiger partial charge < -0.3 is 15.1 Å². The highest BCUT2D eigenvalue weighted by Gasteiger charge is 2.31. The topological polar surface area (TPSA) is 55.9 Å². The molecule has 2 amide bonds. The molecule has 37 heavy (non-hydrogen) atoms. The van der Waals surface area contributed by atoms with E-state index in [0.29, 0.717) is 0 Å². The lowest BCUT2D eigenvalue weighted by molar-refractivity contribution is -0.123. The van der Waals surface area contributed by atoms with Crippen molar-refractivity contribution in [2.45, 2.75) is 69.9 Å². The SMILES string of the molecule is CC[C@H](C(=O)NC1CCN(c2ccccc2C(=O)N2CCN(C3CCCC3)CC2)CC1)c1ccccc1. The number of benzene rings is 2. The zero-order chi connectivity index (χ0) is 25.6. The second kappa shape index (κ2) is 12.1. The fourth-order valence-corrected chi connectivity index (χ4v) is 6.48. The molecule has 0 aromatic heterocycles. The lowest BCUT2D eigenvalue weighted by atomic mass is 9.94. The Morgan fingerprint density at radius 1 is 0.838 bits per heavy atom. The van der Waals surface area contributed by atoms with Gasteiger partial charge in [0.05, 0.1) is 11.5 Å². The summed E-state index contributed by atoms with van der Waals surface area (Å²) in [6.45, 7) is 7.37. The Hall–Kier alpha value is -2.86. The third-order valence-corrected chi connectivity index (χ3v) is 8.69. The van der Waals surface area contributed by atoms with Gasteiger partial charge in [-0.25, -0.2) is 0 Å². The van der Waals surface area contributed by atoms with Crippen LogP contribution in [0.4, 0.5) is 5.69 Å². The maximum absolute atomic E-state index is 13.6. The van der Waals surface area contributed by atoms with Crippen LogP contribution in [0, 0.1) is 0 Å². The van der Waals surface area contributed by atoms with Crippen LogP contribution in [-0.4, -0.2) is 73.0 Å². The van der Waals surface area contributed by atoms with Crippen LogP contribution in [-0.2, 0) is 4.79 Å². The van der Waals surface area contributed by atoms with Crippen molar-refractivity contribution in [2.75, 3.05) is 44.2 Å². The highest BCUT2D eigenvalue weighted by atomic mass is 16.2. The largest absolute Gasteiger partial charge is 0.371 e. The first-order valence-corrected chi connectivity index (χ1v) is 14.4. The first-order valence-electron chi connectivity index (χ1n) is 14.4. The Balaban J connectivity index is 1.16. The number of nitrogens with one attached hydrogen (secondary N) is 1. The Kier molecular flexibility index (Phi) is 8.45. The van der Waals surface area contributed by atoms with Gasteiger partial charge in [0.25, 0.3) is 5.91 Å². The first-order chi connectivity index (χ1) is 18.1. The predicted molar refractivity (Wildman–Crippen MR) is 149 cm³/mol. The molecular weight excluding hydrogens is 460 g/mol. The molecule has 0 spiro atoms. The van der Waals surface area contributed by atoms with E-state index in [1.165, 1.54) is 25.7 Å². The van der Waals surface area contributed by atoms with Crippen LogP contribution >= 0.6 is 0 Å². The number of hydrogen-bond acceptors (Lipinski definition) is 4. The molecule has 0 unspecified atom stereocenters. The molecule has 3 aliphatic rings. The number of carbonyl (C=O) groups is 2. The highest BCUT2D eigenvalue weighted by Crippen LogP contribution is 2.28. The molecule has 1 saturated carbocycles. The van der Waals surface area contributed by atoms with E-state index in [2.05, 4.69) is 28.1 Å². The lowest BCUT2D eigenvalue weighted by Crippen LogP contribution is -2.51. The maximum Gasteiger partial charge on any atom is 0.256 e. The van der Waals surface area contributed by atoms with Gasteiger partial charge in [-0.1, -0.05) is 62.2 Å². The average Bonchev–Trinajstić information content (AvgIpc) is 3.49. The van der Waals surface area contributed by atoms with E-state index < -0.39 is 0 Å². The van der Waals surface area contributed by atoms with Gasteiger partial charge in [-0.2, -0.15) is 0 Å². The summed E-state index contributed by atoms with van der Waals surface area (Å²) in [5.41, 5.74) is 2.93. The third kappa shape index (κ3) is 6.01. The standard InChI is InChI=1S/C31H42N4O2/c1-2-27(24-10-4-3-5-11-24)30(36)32-25-16-18-34(19-17-25)29-15-9-8-14-28(29)31(37)35-22-20-33(21-23-35)26-12-6-7-13-26/h3-5,8-11,14-15,25-27H,2,6-7,12-13,16-23H2,1H3,(H,32,36)/t27-/m0/s1. The normalized spacial score (nSPS) is 20.7. The van der Waals surface area contributed by atoms with Crippen LogP contribution < -0.4 is 10.2 Å². The molecule has 6 nitrogen and oxygen atoms in total. The van der Waals surface area contributed by atoms with Crippen LogP contribution in [0.25, 0.3) is 0 Å². The number of piperidine rings is 1. The number of amides is 2. The number of nitrogens with zero attached hydrogens (tertiary/aromatic N) is 3. The number of hydrogen-bond donors (Lipinski definition) is 1. The number of para-hydroxylation sites is 1. The van der Waals surface area contributed by atoms with Crippen molar-refractivity contribution in [3.63, 3.8) is 0 Å². The van der Waals surface area contributed by atoms with E-state index in [1.54, 1.807) is 0 Å². The summed E-state index contributed by atoms with van der Waals surface area (Å²) in [5, 5.41) is 3.31. The molecule has 5 rings (SSSR count). The highest BCUT2D eigenvalue weighted by molar-refractivity contribution is 6.00. The molecular formula is C31H42N4O2. The molecule has 2 aliphatic heterocycles. The van der Waals surface area contributed by atoms with E-state index in [-0.39, 0.29) is 23.8 Å². The predicted octanol–water partition coefficient (Wildman–Crippen LogP) is 4.67. The molecule has 0 radical (unpaired) electrons. The van der Waals surface area contributed by atoms with Crippen molar-refractivity contribution in [2.24, 2.45) is 0 Å². The third-order valence-electron chi connectivity index (χ3n) is 8.69. The first kappa shape index (κ1) is 25.8. The molecule has 0 bridgehead atoms. The second-order valence-electron chi connectivity index (χ2n) is 10.9. The fourth-order valence-electron chi connectivity index (χ4n) is 6.48. The number of piperazine rings is 1. The molecule has 3 fully saturated rings. The Labute approximate surface area is 222 Å². The quantitative estimate of drug-likeness (QED) is 0.598. The number of anilines is 1. The van der Waals surface area contributed by atoms with Gasteiger partial charge in [-0.3, -0.25) is 14.5 Å². The zero-order valence-electron chi connectivity index (χ0n) is 22.3. The minimum Gasteiger partial charge on any atom is -0.371 e. The molecule has 2 heterocycles. The molecule has 2 aromatic rings. The molecule has 2 aromatic carbocycles. The van der Waals surface area contributed by atoms with Gasteiger partial charge in [0.2, 0.25) is 5.91 Å². The minimum absolute atomic E-state index is 0.105. The van der Waals surface area contributed by atoms with Crippen LogP contribution in [0.5, 0.6) is 0 Å². The lowest BCUT2D eigenvalue weighted by Gasteiger charge is -2.39. The van der Waals surface area contributed by atoms with E-state index in [0.717, 1.165) is 81.4 Å². The summed E-state index contributed by atoms with van der Waals surface area (Å²) in [5.74, 6) is 0.178. The van der Waals surface area contributed by atoms with E-state index in [4.69, 9.17) is 0 Å². The van der Waals surface area contributed by atoms with Crippen molar-refractivity contribution in [3.8, 4) is 0 Å².